The van der Waals surface area contributed by atoms with E-state index in [1.807, 2.05) is 18.2 Å². The number of hydrogen-bond donors (Lipinski definition) is 1. The molecule has 0 unspecified atom stereocenters. The van der Waals surface area contributed by atoms with Crippen molar-refractivity contribution in [3.8, 4) is 0 Å². The molecular weight excluding hydrogens is 384 g/mol. The summed E-state index contributed by atoms with van der Waals surface area (Å²) in [6.07, 6.45) is 3.13. The molecule has 27 heavy (non-hydrogen) atoms. The van der Waals surface area contributed by atoms with E-state index >= 15 is 0 Å². The first kappa shape index (κ1) is 19.9. The molecule has 0 saturated carbocycles. The molecule has 0 aliphatic carbocycles. The van der Waals surface area contributed by atoms with Gasteiger partial charge in [0.25, 0.3) is 5.91 Å². The highest BCUT2D eigenvalue weighted by Gasteiger charge is 2.31. The number of carboxylic acid groups (broad SMARTS) is 1. The number of carboxylic acids is 1. The number of carbonyl (C=O) groups excluding carboxylic acids is 1. The Hall–Kier alpha value is -1.90. The number of anilines is 1. The summed E-state index contributed by atoms with van der Waals surface area (Å²) in [6, 6.07) is 8.13. The summed E-state index contributed by atoms with van der Waals surface area (Å²) in [6.45, 7) is 3.73. The van der Waals surface area contributed by atoms with E-state index in [1.165, 1.54) is 11.8 Å². The van der Waals surface area contributed by atoms with Gasteiger partial charge in [0.15, 0.2) is 0 Å². The third-order valence-electron chi connectivity index (χ3n) is 4.46. The van der Waals surface area contributed by atoms with E-state index in [0.29, 0.717) is 28.6 Å². The van der Waals surface area contributed by atoms with Crippen molar-refractivity contribution in [2.24, 2.45) is 0 Å². The molecule has 1 amide bonds. The fraction of sp³-hybridized carbons (Fsp3) is 0.421. The van der Waals surface area contributed by atoms with E-state index in [-0.39, 0.29) is 12.3 Å². The van der Waals surface area contributed by atoms with Gasteiger partial charge in [-0.2, -0.15) is 0 Å². The van der Waals surface area contributed by atoms with Crippen molar-refractivity contribution in [1.29, 1.82) is 0 Å². The van der Waals surface area contributed by atoms with Crippen LogP contribution in [0.3, 0.4) is 0 Å². The quantitative estimate of drug-likeness (QED) is 0.424. The lowest BCUT2D eigenvalue weighted by atomic mass is 10.1. The topological polar surface area (TPSA) is 70.1 Å². The Morgan fingerprint density at radius 2 is 1.93 bits per heavy atom. The molecule has 1 aromatic carbocycles. The third-order valence-corrected chi connectivity index (χ3v) is 5.84. The number of morpholine rings is 1. The van der Waals surface area contributed by atoms with E-state index in [2.05, 4.69) is 17.0 Å². The lowest BCUT2D eigenvalue weighted by Gasteiger charge is -2.28. The number of unbranched alkanes of at least 4 members (excludes halogenated alkanes) is 1. The van der Waals surface area contributed by atoms with Crippen LogP contribution in [0, 0.1) is 0 Å². The average molecular weight is 407 g/mol. The Morgan fingerprint density at radius 1 is 1.22 bits per heavy atom. The number of ether oxygens (including phenoxy) is 1. The molecule has 1 N–H and O–H groups in total. The molecular formula is C19H22N2O4S2. The average Bonchev–Trinajstić information content (AvgIpc) is 2.93. The Balaban J connectivity index is 1.60. The van der Waals surface area contributed by atoms with E-state index < -0.39 is 5.97 Å². The zero-order valence-electron chi connectivity index (χ0n) is 14.9. The maximum Gasteiger partial charge on any atom is 0.303 e. The molecule has 2 aliphatic heterocycles. The van der Waals surface area contributed by atoms with Crippen LogP contribution in [0.5, 0.6) is 0 Å². The summed E-state index contributed by atoms with van der Waals surface area (Å²) in [7, 11) is 0. The molecule has 0 bridgehead atoms. The van der Waals surface area contributed by atoms with Gasteiger partial charge < -0.3 is 14.7 Å². The van der Waals surface area contributed by atoms with Crippen LogP contribution in [0.1, 0.15) is 24.8 Å². The second-order valence-electron chi connectivity index (χ2n) is 6.38. The van der Waals surface area contributed by atoms with Gasteiger partial charge in [-0.1, -0.05) is 36.1 Å². The summed E-state index contributed by atoms with van der Waals surface area (Å²) in [5.41, 5.74) is 2.11. The molecule has 2 fully saturated rings. The summed E-state index contributed by atoms with van der Waals surface area (Å²) < 4.78 is 5.91. The van der Waals surface area contributed by atoms with Crippen molar-refractivity contribution in [2.45, 2.75) is 19.3 Å². The maximum absolute atomic E-state index is 12.6. The van der Waals surface area contributed by atoms with Crippen LogP contribution in [0.4, 0.5) is 5.69 Å². The van der Waals surface area contributed by atoms with E-state index in [9.17, 15) is 9.59 Å². The Kier molecular flexibility index (Phi) is 6.87. The molecule has 2 heterocycles. The Morgan fingerprint density at radius 3 is 2.59 bits per heavy atom. The lowest BCUT2D eigenvalue weighted by Crippen LogP contribution is -2.36. The SMILES string of the molecule is O=C(O)CCCCN1C(=O)/C(=C\c2ccc(N3CCOCC3)cc2)SC1=S. The van der Waals surface area contributed by atoms with E-state index in [4.69, 9.17) is 22.1 Å². The molecule has 2 saturated heterocycles. The number of amides is 1. The number of nitrogens with zero attached hydrogens (tertiary/aromatic N) is 2. The minimum absolute atomic E-state index is 0.0995. The van der Waals surface area contributed by atoms with Crippen LogP contribution in [-0.2, 0) is 14.3 Å². The van der Waals surface area contributed by atoms with Crippen LogP contribution >= 0.6 is 24.0 Å². The van der Waals surface area contributed by atoms with Crippen LogP contribution in [-0.4, -0.2) is 59.1 Å². The molecule has 144 valence electrons. The summed E-state index contributed by atoms with van der Waals surface area (Å²) in [5, 5.41) is 8.69. The fourth-order valence-corrected chi connectivity index (χ4v) is 4.30. The van der Waals surface area contributed by atoms with Gasteiger partial charge >= 0.3 is 5.97 Å². The number of hydrogen-bond acceptors (Lipinski definition) is 6. The van der Waals surface area contributed by atoms with Gasteiger partial charge in [0, 0.05) is 31.7 Å². The molecule has 0 spiro atoms. The van der Waals surface area contributed by atoms with Gasteiger partial charge in [-0.05, 0) is 36.6 Å². The minimum Gasteiger partial charge on any atom is -0.481 e. The molecule has 1 aromatic rings. The first-order valence-electron chi connectivity index (χ1n) is 8.94. The van der Waals surface area contributed by atoms with Crippen molar-refractivity contribution in [3.63, 3.8) is 0 Å². The lowest BCUT2D eigenvalue weighted by molar-refractivity contribution is -0.137. The first-order chi connectivity index (χ1) is 13.0. The van der Waals surface area contributed by atoms with Crippen molar-refractivity contribution >= 4 is 51.9 Å². The van der Waals surface area contributed by atoms with Crippen LogP contribution in [0.2, 0.25) is 0 Å². The molecule has 3 rings (SSSR count). The highest BCUT2D eigenvalue weighted by Crippen LogP contribution is 2.33. The Labute approximate surface area is 168 Å². The zero-order valence-corrected chi connectivity index (χ0v) is 16.6. The van der Waals surface area contributed by atoms with E-state index in [1.54, 1.807) is 4.90 Å². The molecule has 0 radical (unpaired) electrons. The standard InChI is InChI=1S/C19H22N2O4S2/c22-17(23)3-1-2-8-21-18(24)16(27-19(21)26)13-14-4-6-15(7-5-14)20-9-11-25-12-10-20/h4-7,13H,1-3,8-12H2,(H,22,23)/b16-13+. The van der Waals surface area contributed by atoms with E-state index in [0.717, 1.165) is 37.6 Å². The molecule has 6 nitrogen and oxygen atoms in total. The molecule has 0 atom stereocenters. The van der Waals surface area contributed by atoms with Crippen molar-refractivity contribution in [3.05, 3.63) is 34.7 Å². The van der Waals surface area contributed by atoms with Crippen LogP contribution in [0.25, 0.3) is 6.08 Å². The molecule has 2 aliphatic rings. The smallest absolute Gasteiger partial charge is 0.303 e. The maximum atomic E-state index is 12.6. The summed E-state index contributed by atoms with van der Waals surface area (Å²) in [5.74, 6) is -0.918. The number of thiocarbonyl (C=S) groups is 1. The van der Waals surface area contributed by atoms with Gasteiger partial charge in [-0.15, -0.1) is 0 Å². The molecule has 0 aromatic heterocycles. The fourth-order valence-electron chi connectivity index (χ4n) is 2.99. The second kappa shape index (κ2) is 9.34. The highest BCUT2D eigenvalue weighted by molar-refractivity contribution is 8.26. The third kappa shape index (κ3) is 5.31. The van der Waals surface area contributed by atoms with Gasteiger partial charge in [0.05, 0.1) is 18.1 Å². The first-order valence-corrected chi connectivity index (χ1v) is 10.2. The van der Waals surface area contributed by atoms with Crippen molar-refractivity contribution in [1.82, 2.24) is 4.90 Å². The van der Waals surface area contributed by atoms with Gasteiger partial charge in [-0.25, -0.2) is 0 Å². The predicted molar refractivity (Wildman–Crippen MR) is 111 cm³/mol. The number of rotatable bonds is 7. The van der Waals surface area contributed by atoms with Crippen LogP contribution in [0.15, 0.2) is 29.2 Å². The largest absolute Gasteiger partial charge is 0.481 e. The van der Waals surface area contributed by atoms with Crippen molar-refractivity contribution < 1.29 is 19.4 Å². The zero-order chi connectivity index (χ0) is 19.2. The number of benzene rings is 1. The van der Waals surface area contributed by atoms with Gasteiger partial charge in [0.2, 0.25) is 0 Å². The monoisotopic (exact) mass is 406 g/mol. The minimum atomic E-state index is -0.819. The van der Waals surface area contributed by atoms with Gasteiger partial charge in [0.1, 0.15) is 4.32 Å². The highest BCUT2D eigenvalue weighted by atomic mass is 32.2. The normalized spacial score (nSPS) is 19.2. The summed E-state index contributed by atoms with van der Waals surface area (Å²) in [4.78, 5) is 27.6. The molecule has 8 heteroatoms. The van der Waals surface area contributed by atoms with Gasteiger partial charge in [-0.3, -0.25) is 14.5 Å². The summed E-state index contributed by atoms with van der Waals surface area (Å²) >= 11 is 6.61. The second-order valence-corrected chi connectivity index (χ2v) is 8.05. The number of aliphatic carboxylic acids is 1. The van der Waals surface area contributed by atoms with Crippen molar-refractivity contribution in [2.75, 3.05) is 37.7 Å². The Bertz CT molecular complexity index is 743. The number of thioether (sulfide) groups is 1. The predicted octanol–water partition coefficient (Wildman–Crippen LogP) is 2.98. The number of carbonyl (C=O) groups is 2. The van der Waals surface area contributed by atoms with Crippen LogP contribution < -0.4 is 4.90 Å².